The van der Waals surface area contributed by atoms with Crippen LogP contribution in [0.25, 0.3) is 117 Å². The van der Waals surface area contributed by atoms with Crippen LogP contribution in [0.3, 0.4) is 0 Å². The second-order valence-corrected chi connectivity index (χ2v) is 16.2. The maximum Gasteiger partial charge on any atom is 0.164 e. The van der Waals surface area contributed by atoms with Gasteiger partial charge in [-0.2, -0.15) is 0 Å². The minimum atomic E-state index is 0.594. The Morgan fingerprint density at radius 3 is 1.35 bits per heavy atom. The molecule has 2 heterocycles. The van der Waals surface area contributed by atoms with Crippen molar-refractivity contribution in [2.45, 2.75) is 6.92 Å². The van der Waals surface area contributed by atoms with E-state index < -0.39 is 0 Å². The third-order valence-corrected chi connectivity index (χ3v) is 12.1. The van der Waals surface area contributed by atoms with Gasteiger partial charge < -0.3 is 0 Å². The van der Waals surface area contributed by atoms with Crippen molar-refractivity contribution in [2.24, 2.45) is 4.99 Å². The van der Waals surface area contributed by atoms with E-state index in [0.29, 0.717) is 17.5 Å². The first kappa shape index (κ1) is 39.2. The molecule has 306 valence electrons. The van der Waals surface area contributed by atoms with Crippen molar-refractivity contribution in [3.05, 3.63) is 218 Å². The molecule has 0 bridgehead atoms. The van der Waals surface area contributed by atoms with Crippen LogP contribution in [0.4, 0.5) is 5.69 Å². The number of hydrogen-bond acceptors (Lipinski definition) is 5. The molecule has 11 aromatic rings. The Hall–Kier alpha value is -8.67. The van der Waals surface area contributed by atoms with Gasteiger partial charge in [0.25, 0.3) is 0 Å². The van der Waals surface area contributed by atoms with E-state index in [-0.39, 0.29) is 0 Å². The number of aliphatic imine (C=N–C) groups is 1. The summed E-state index contributed by atoms with van der Waals surface area (Å²) in [6.07, 6.45) is 5.91. The van der Waals surface area contributed by atoms with Crippen molar-refractivity contribution in [1.82, 2.24) is 19.9 Å². The van der Waals surface area contributed by atoms with Gasteiger partial charge in [0, 0.05) is 28.3 Å². The van der Waals surface area contributed by atoms with E-state index >= 15 is 0 Å². The Morgan fingerprint density at radius 1 is 0.369 bits per heavy atom. The maximum atomic E-state index is 5.26. The van der Waals surface area contributed by atoms with Crippen molar-refractivity contribution in [3.63, 3.8) is 0 Å². The molecule has 0 saturated carbocycles. The summed E-state index contributed by atoms with van der Waals surface area (Å²) >= 11 is 0. The van der Waals surface area contributed by atoms with Crippen LogP contribution < -0.4 is 0 Å². The van der Waals surface area contributed by atoms with Crippen LogP contribution in [-0.2, 0) is 0 Å². The molecule has 0 radical (unpaired) electrons. The quantitative estimate of drug-likeness (QED) is 0.136. The zero-order chi connectivity index (χ0) is 43.7. The van der Waals surface area contributed by atoms with Gasteiger partial charge in [-0.25, -0.2) is 15.0 Å². The van der Waals surface area contributed by atoms with Gasteiger partial charge in [0.2, 0.25) is 0 Å². The van der Waals surface area contributed by atoms with Crippen molar-refractivity contribution < 1.29 is 0 Å². The topological polar surface area (TPSA) is 63.9 Å². The summed E-state index contributed by atoms with van der Waals surface area (Å²) in [5, 5.41) is 5.70. The number of fused-ring (bicyclic) bond motifs is 3. The highest BCUT2D eigenvalue weighted by molar-refractivity contribution is 5.90. The molecule has 5 heteroatoms. The lowest BCUT2D eigenvalue weighted by molar-refractivity contribution is 1.08. The highest BCUT2D eigenvalue weighted by Gasteiger charge is 2.16. The molecule has 0 amide bonds. The van der Waals surface area contributed by atoms with Crippen LogP contribution in [0, 0.1) is 0 Å². The van der Waals surface area contributed by atoms with Crippen LogP contribution in [-0.4, -0.2) is 26.7 Å². The summed E-state index contributed by atoms with van der Waals surface area (Å²) in [4.78, 5) is 24.6. The largest absolute Gasteiger partial charge is 0.264 e. The van der Waals surface area contributed by atoms with Crippen molar-refractivity contribution >= 4 is 50.9 Å². The molecule has 5 nitrogen and oxygen atoms in total. The smallest absolute Gasteiger partial charge is 0.164 e. The second kappa shape index (κ2) is 16.9. The molecule has 9 aromatic carbocycles. The molecule has 0 aliphatic carbocycles. The molecule has 0 unspecified atom stereocenters. The number of rotatable bonds is 9. The maximum absolute atomic E-state index is 5.26. The Bertz CT molecular complexity index is 3530. The van der Waals surface area contributed by atoms with Crippen LogP contribution in [0.2, 0.25) is 0 Å². The van der Waals surface area contributed by atoms with Crippen molar-refractivity contribution in [1.29, 1.82) is 0 Å². The fraction of sp³-hybridized carbons (Fsp3) is 0.0167. The van der Waals surface area contributed by atoms with Crippen LogP contribution in [0.1, 0.15) is 12.5 Å². The van der Waals surface area contributed by atoms with Gasteiger partial charge >= 0.3 is 0 Å². The fourth-order valence-electron chi connectivity index (χ4n) is 8.65. The highest BCUT2D eigenvalue weighted by Crippen LogP contribution is 2.37. The normalized spacial score (nSPS) is 11.5. The Labute approximate surface area is 377 Å². The highest BCUT2D eigenvalue weighted by atomic mass is 15.0. The predicted molar refractivity (Wildman–Crippen MR) is 272 cm³/mol. The number of nitrogens with zero attached hydrogens (tertiary/aromatic N) is 5. The molecular formula is C60H41N5. The van der Waals surface area contributed by atoms with Gasteiger partial charge in [-0.05, 0) is 134 Å². The summed E-state index contributed by atoms with van der Waals surface area (Å²) in [6, 6.07) is 70.5. The lowest BCUT2D eigenvalue weighted by Crippen LogP contribution is -2.01. The van der Waals surface area contributed by atoms with E-state index in [2.05, 4.69) is 217 Å². The second-order valence-electron chi connectivity index (χ2n) is 16.2. The third kappa shape index (κ3) is 7.88. The first-order valence-electron chi connectivity index (χ1n) is 21.7. The third-order valence-electron chi connectivity index (χ3n) is 12.1. The average Bonchev–Trinajstić information content (AvgIpc) is 3.38. The summed E-state index contributed by atoms with van der Waals surface area (Å²) < 4.78 is 0. The van der Waals surface area contributed by atoms with Gasteiger partial charge in [-0.1, -0.05) is 164 Å². The number of benzene rings is 9. The Kier molecular flexibility index (Phi) is 10.2. The average molecular weight is 832 g/mol. The van der Waals surface area contributed by atoms with E-state index in [1.165, 1.54) is 0 Å². The van der Waals surface area contributed by atoms with Crippen molar-refractivity contribution in [3.8, 4) is 78.7 Å². The van der Waals surface area contributed by atoms with Crippen molar-refractivity contribution in [2.75, 3.05) is 0 Å². The van der Waals surface area contributed by atoms with E-state index in [4.69, 9.17) is 15.0 Å². The summed E-state index contributed by atoms with van der Waals surface area (Å²) in [6.45, 7) is 5.84. The molecule has 0 fully saturated rings. The van der Waals surface area contributed by atoms with E-state index in [1.807, 2.05) is 25.3 Å². The molecule has 0 atom stereocenters. The molecular weight excluding hydrogens is 791 g/mol. The molecule has 0 aliphatic rings. The van der Waals surface area contributed by atoms with E-state index in [1.54, 1.807) is 0 Å². The molecule has 65 heavy (non-hydrogen) atoms. The summed E-state index contributed by atoms with van der Waals surface area (Å²) in [5.41, 5.74) is 14.3. The van der Waals surface area contributed by atoms with Gasteiger partial charge in [-0.15, -0.1) is 0 Å². The number of allylic oxidation sites excluding steroid dienone is 1. The standard InChI is InChI=1S/C60H41N5/c1-3-9-45-25-27-49(37-56(45)61-2)41-15-19-43(20-16-41)53-34-54(44-21-17-42(18-22-44)50-28-26-46-14-8-31-62-57(46)38-50)36-55(35-53)60-64-58(51-29-23-39-10-4-6-12-47(39)32-51)63-59(65-60)52-30-24-40-11-5-7-13-48(40)33-52/h3-38H,2H2,1H3/b9-3-. The van der Waals surface area contributed by atoms with Crippen LogP contribution in [0.5, 0.6) is 0 Å². The molecule has 2 aromatic heterocycles. The zero-order valence-electron chi connectivity index (χ0n) is 35.7. The summed E-state index contributed by atoms with van der Waals surface area (Å²) in [5.74, 6) is 1.82. The number of hydrogen-bond donors (Lipinski definition) is 0. The number of aromatic nitrogens is 4. The van der Waals surface area contributed by atoms with E-state index in [0.717, 1.165) is 105 Å². The van der Waals surface area contributed by atoms with Crippen LogP contribution in [0.15, 0.2) is 217 Å². The number of pyridine rings is 1. The Balaban J connectivity index is 1.06. The molecule has 0 aliphatic heterocycles. The van der Waals surface area contributed by atoms with Gasteiger partial charge in [0.1, 0.15) is 0 Å². The molecule has 0 N–H and O–H groups in total. The first-order chi connectivity index (χ1) is 32.0. The van der Waals surface area contributed by atoms with Crippen LogP contribution >= 0.6 is 0 Å². The van der Waals surface area contributed by atoms with Gasteiger partial charge in [-0.3, -0.25) is 9.98 Å². The van der Waals surface area contributed by atoms with Gasteiger partial charge in [0.05, 0.1) is 11.2 Å². The van der Waals surface area contributed by atoms with Gasteiger partial charge in [0.15, 0.2) is 17.5 Å². The minimum absolute atomic E-state index is 0.594. The Morgan fingerprint density at radius 2 is 0.800 bits per heavy atom. The molecule has 0 saturated heterocycles. The first-order valence-corrected chi connectivity index (χ1v) is 21.7. The monoisotopic (exact) mass is 831 g/mol. The molecule has 0 spiro atoms. The summed E-state index contributed by atoms with van der Waals surface area (Å²) in [7, 11) is 0. The lowest BCUT2D eigenvalue weighted by atomic mass is 9.93. The predicted octanol–water partition coefficient (Wildman–Crippen LogP) is 15.8. The minimum Gasteiger partial charge on any atom is -0.264 e. The molecule has 11 rings (SSSR count). The fourth-order valence-corrected chi connectivity index (χ4v) is 8.65. The lowest BCUT2D eigenvalue weighted by Gasteiger charge is -2.14. The zero-order valence-corrected chi connectivity index (χ0v) is 35.7. The van der Waals surface area contributed by atoms with E-state index in [9.17, 15) is 0 Å². The SMILES string of the molecule is C=Nc1cc(-c2ccc(-c3cc(-c4ccc(-c5ccc6cccnc6c5)cc4)cc(-c4nc(-c5ccc6ccccc6c5)nc(-c5ccc6ccccc6c5)n4)c3)cc2)ccc1/C=C\C.